The van der Waals surface area contributed by atoms with Crippen LogP contribution < -0.4 is 15.4 Å². The van der Waals surface area contributed by atoms with E-state index in [1.165, 1.54) is 6.07 Å². The molecular formula is C16H11BrN2O4. The van der Waals surface area contributed by atoms with Crippen molar-refractivity contribution in [3.63, 3.8) is 0 Å². The lowest BCUT2D eigenvalue weighted by Crippen LogP contribution is -2.23. The molecule has 23 heavy (non-hydrogen) atoms. The van der Waals surface area contributed by atoms with Crippen LogP contribution in [0.1, 0.15) is 20.7 Å². The van der Waals surface area contributed by atoms with Crippen LogP contribution in [0.2, 0.25) is 0 Å². The number of fused-ring (bicyclic) bond motifs is 1. The third-order valence-electron chi connectivity index (χ3n) is 3.22. The number of benzene rings is 2. The smallest absolute Gasteiger partial charge is 0.262 e. The van der Waals surface area contributed by atoms with Gasteiger partial charge in [0.25, 0.3) is 17.7 Å². The van der Waals surface area contributed by atoms with Gasteiger partial charge in [-0.05, 0) is 36.4 Å². The molecular weight excluding hydrogens is 364 g/mol. The maximum absolute atomic E-state index is 12.0. The fourth-order valence-corrected chi connectivity index (χ4v) is 2.45. The Hall–Kier alpha value is -2.67. The number of hydrogen-bond donors (Lipinski definition) is 2. The van der Waals surface area contributed by atoms with Crippen molar-refractivity contribution in [2.24, 2.45) is 0 Å². The number of carbonyl (C=O) groups is 3. The zero-order valence-electron chi connectivity index (χ0n) is 11.8. The summed E-state index contributed by atoms with van der Waals surface area (Å²) in [4.78, 5) is 35.3. The van der Waals surface area contributed by atoms with Crippen LogP contribution in [0.4, 0.5) is 5.69 Å². The number of nitrogens with one attached hydrogen (secondary N) is 2. The van der Waals surface area contributed by atoms with Crippen molar-refractivity contribution in [3.8, 4) is 5.75 Å². The molecule has 0 saturated carbocycles. The monoisotopic (exact) mass is 374 g/mol. The molecule has 0 spiro atoms. The number of ether oxygens (including phenoxy) is 1. The second kappa shape index (κ2) is 6.21. The van der Waals surface area contributed by atoms with Crippen molar-refractivity contribution in [2.45, 2.75) is 0 Å². The predicted octanol–water partition coefficient (Wildman–Crippen LogP) is 2.35. The average molecular weight is 375 g/mol. The molecule has 2 aromatic carbocycles. The molecule has 2 N–H and O–H groups in total. The molecule has 0 radical (unpaired) electrons. The van der Waals surface area contributed by atoms with Crippen molar-refractivity contribution >= 4 is 39.3 Å². The standard InChI is InChI=1S/C16H11BrN2O4/c17-9-4-6-10(7-5-9)23-8-13(20)18-12-3-1-2-11-14(12)16(22)19-15(11)21/h1-7H,8H2,(H,18,20)(H,19,21,22). The number of halogens is 1. The summed E-state index contributed by atoms with van der Waals surface area (Å²) in [5, 5.41) is 4.78. The van der Waals surface area contributed by atoms with Crippen molar-refractivity contribution in [3.05, 3.63) is 58.1 Å². The van der Waals surface area contributed by atoms with Crippen molar-refractivity contribution < 1.29 is 19.1 Å². The Labute approximate surface area is 140 Å². The molecule has 116 valence electrons. The highest BCUT2D eigenvalue weighted by atomic mass is 79.9. The minimum Gasteiger partial charge on any atom is -0.484 e. The molecule has 0 unspecified atom stereocenters. The van der Waals surface area contributed by atoms with Crippen LogP contribution in [0.5, 0.6) is 5.75 Å². The first-order chi connectivity index (χ1) is 11.0. The van der Waals surface area contributed by atoms with Crippen LogP contribution in [0, 0.1) is 0 Å². The second-order valence-corrected chi connectivity index (χ2v) is 5.72. The van der Waals surface area contributed by atoms with Crippen molar-refractivity contribution in [2.75, 3.05) is 11.9 Å². The zero-order valence-corrected chi connectivity index (χ0v) is 13.3. The fraction of sp³-hybridized carbons (Fsp3) is 0.0625. The molecule has 7 heteroatoms. The first-order valence-electron chi connectivity index (χ1n) is 6.71. The molecule has 0 saturated heterocycles. The first-order valence-corrected chi connectivity index (χ1v) is 7.51. The lowest BCUT2D eigenvalue weighted by atomic mass is 10.1. The summed E-state index contributed by atoms with van der Waals surface area (Å²) in [5.74, 6) is -0.857. The van der Waals surface area contributed by atoms with Gasteiger partial charge in [-0.2, -0.15) is 0 Å². The van der Waals surface area contributed by atoms with E-state index in [2.05, 4.69) is 26.6 Å². The van der Waals surface area contributed by atoms with Gasteiger partial charge in [0.1, 0.15) is 5.75 Å². The quantitative estimate of drug-likeness (QED) is 0.804. The van der Waals surface area contributed by atoms with Crippen LogP contribution in [0.25, 0.3) is 0 Å². The van der Waals surface area contributed by atoms with E-state index in [1.807, 2.05) is 0 Å². The summed E-state index contributed by atoms with van der Waals surface area (Å²) in [6.45, 7) is -0.207. The number of carbonyl (C=O) groups excluding carboxylic acids is 3. The Morgan fingerprint density at radius 3 is 2.57 bits per heavy atom. The van der Waals surface area contributed by atoms with Crippen LogP contribution in [0.3, 0.4) is 0 Å². The second-order valence-electron chi connectivity index (χ2n) is 4.80. The highest BCUT2D eigenvalue weighted by molar-refractivity contribution is 9.10. The van der Waals surface area contributed by atoms with Gasteiger partial charge in [-0.3, -0.25) is 19.7 Å². The van der Waals surface area contributed by atoms with Crippen LogP contribution in [-0.2, 0) is 4.79 Å². The van der Waals surface area contributed by atoms with E-state index in [0.29, 0.717) is 5.75 Å². The van der Waals surface area contributed by atoms with Gasteiger partial charge in [0, 0.05) is 4.47 Å². The fourth-order valence-electron chi connectivity index (χ4n) is 2.19. The number of rotatable bonds is 4. The van der Waals surface area contributed by atoms with Gasteiger partial charge in [-0.15, -0.1) is 0 Å². The van der Waals surface area contributed by atoms with E-state index >= 15 is 0 Å². The van der Waals surface area contributed by atoms with Gasteiger partial charge in [-0.1, -0.05) is 22.0 Å². The molecule has 0 aliphatic carbocycles. The van der Waals surface area contributed by atoms with Crippen LogP contribution in [-0.4, -0.2) is 24.3 Å². The van der Waals surface area contributed by atoms with Gasteiger partial charge in [-0.25, -0.2) is 0 Å². The van der Waals surface area contributed by atoms with Gasteiger partial charge in [0.15, 0.2) is 6.61 Å². The Bertz CT molecular complexity index is 802. The lowest BCUT2D eigenvalue weighted by Gasteiger charge is -2.09. The molecule has 6 nitrogen and oxygen atoms in total. The molecule has 1 aliphatic heterocycles. The highest BCUT2D eigenvalue weighted by Crippen LogP contribution is 2.24. The molecule has 2 aromatic rings. The molecule has 0 atom stereocenters. The first kappa shape index (κ1) is 15.2. The van der Waals surface area contributed by atoms with E-state index in [4.69, 9.17) is 4.74 Å². The number of hydrogen-bond acceptors (Lipinski definition) is 4. The highest BCUT2D eigenvalue weighted by Gasteiger charge is 2.29. The zero-order chi connectivity index (χ0) is 16.4. The molecule has 0 aromatic heterocycles. The number of anilines is 1. The third-order valence-corrected chi connectivity index (χ3v) is 3.75. The Kier molecular flexibility index (Phi) is 4.12. The molecule has 3 amide bonds. The van der Waals surface area contributed by atoms with Gasteiger partial charge >= 0.3 is 0 Å². The Morgan fingerprint density at radius 1 is 1.09 bits per heavy atom. The SMILES string of the molecule is O=C(COc1ccc(Br)cc1)Nc1cccc2c1C(=O)NC2=O. The molecule has 0 fully saturated rings. The maximum atomic E-state index is 12.0. The van der Waals surface area contributed by atoms with Crippen LogP contribution >= 0.6 is 15.9 Å². The summed E-state index contributed by atoms with van der Waals surface area (Å²) in [7, 11) is 0. The number of amides is 3. The number of imide groups is 1. The Morgan fingerprint density at radius 2 is 1.83 bits per heavy atom. The summed E-state index contributed by atoms with van der Waals surface area (Å²) >= 11 is 3.31. The van der Waals surface area contributed by atoms with Crippen LogP contribution in [0.15, 0.2) is 46.9 Å². The normalized spacial score (nSPS) is 12.6. The van der Waals surface area contributed by atoms with Gasteiger partial charge in [0.05, 0.1) is 16.8 Å². The van der Waals surface area contributed by atoms with Gasteiger partial charge < -0.3 is 10.1 Å². The minimum atomic E-state index is -0.519. The predicted molar refractivity (Wildman–Crippen MR) is 86.5 cm³/mol. The molecule has 1 heterocycles. The minimum absolute atomic E-state index is 0.175. The summed E-state index contributed by atoms with van der Waals surface area (Å²) < 4.78 is 6.27. The average Bonchev–Trinajstić information content (AvgIpc) is 2.82. The summed E-state index contributed by atoms with van der Waals surface area (Å²) in [5.41, 5.74) is 0.714. The van der Waals surface area contributed by atoms with E-state index in [1.54, 1.807) is 36.4 Å². The van der Waals surface area contributed by atoms with E-state index < -0.39 is 17.7 Å². The van der Waals surface area contributed by atoms with E-state index in [0.717, 1.165) is 4.47 Å². The Balaban J connectivity index is 1.68. The summed E-state index contributed by atoms with van der Waals surface area (Å²) in [6.07, 6.45) is 0. The molecule has 0 bridgehead atoms. The van der Waals surface area contributed by atoms with Gasteiger partial charge in [0.2, 0.25) is 0 Å². The maximum Gasteiger partial charge on any atom is 0.262 e. The summed E-state index contributed by atoms with van der Waals surface area (Å²) in [6, 6.07) is 11.7. The van der Waals surface area contributed by atoms with Crippen molar-refractivity contribution in [1.29, 1.82) is 0 Å². The topological polar surface area (TPSA) is 84.5 Å². The lowest BCUT2D eigenvalue weighted by molar-refractivity contribution is -0.118. The molecule has 3 rings (SSSR count). The molecule has 1 aliphatic rings. The van der Waals surface area contributed by atoms with E-state index in [-0.39, 0.29) is 23.4 Å². The van der Waals surface area contributed by atoms with Crippen molar-refractivity contribution in [1.82, 2.24) is 5.32 Å². The third kappa shape index (κ3) is 3.24. The largest absolute Gasteiger partial charge is 0.484 e. The van der Waals surface area contributed by atoms with E-state index in [9.17, 15) is 14.4 Å².